The second-order valence-corrected chi connectivity index (χ2v) is 8.21. The quantitative estimate of drug-likeness (QED) is 0.500. The first-order valence-electron chi connectivity index (χ1n) is 9.97. The Morgan fingerprint density at radius 2 is 2.07 bits per heavy atom. The minimum absolute atomic E-state index is 0.0739. The van der Waals surface area contributed by atoms with Gasteiger partial charge in [-0.25, -0.2) is 4.98 Å². The van der Waals surface area contributed by atoms with Crippen LogP contribution in [0.3, 0.4) is 0 Å². The number of aromatic nitrogens is 1. The Bertz CT molecular complexity index is 932. The molecule has 3 aromatic rings. The van der Waals surface area contributed by atoms with Crippen molar-refractivity contribution < 1.29 is 13.9 Å². The maximum atomic E-state index is 12.9. The van der Waals surface area contributed by atoms with Gasteiger partial charge >= 0.3 is 0 Å². The number of oxazole rings is 1. The van der Waals surface area contributed by atoms with Crippen LogP contribution in [0.2, 0.25) is 0 Å². The fraction of sp³-hybridized carbons (Fsp3) is 0.391. The number of hydrogen-bond acceptors (Lipinski definition) is 5. The molecular formula is C23H28N2O3S. The molecule has 154 valence electrons. The zero-order chi connectivity index (χ0) is 20.8. The lowest BCUT2D eigenvalue weighted by Gasteiger charge is -2.23. The lowest BCUT2D eigenvalue weighted by Crippen LogP contribution is -2.31. The monoisotopic (exact) mass is 412 g/mol. The highest BCUT2D eigenvalue weighted by Crippen LogP contribution is 2.30. The SMILES string of the molecule is CCOc1ccccc1C(CC(C)C)NC(=O)Cc1nc(-c2ccsc2)oc1C. The van der Waals surface area contributed by atoms with E-state index in [9.17, 15) is 4.79 Å². The molecule has 1 N–H and O–H groups in total. The second-order valence-electron chi connectivity index (χ2n) is 7.43. The molecule has 0 fully saturated rings. The number of para-hydroxylation sites is 1. The van der Waals surface area contributed by atoms with E-state index in [2.05, 4.69) is 24.1 Å². The largest absolute Gasteiger partial charge is 0.494 e. The van der Waals surface area contributed by atoms with Gasteiger partial charge in [0.2, 0.25) is 11.8 Å². The van der Waals surface area contributed by atoms with Crippen molar-refractivity contribution in [1.82, 2.24) is 10.3 Å². The minimum atomic E-state index is -0.117. The van der Waals surface area contributed by atoms with Crippen LogP contribution in [0.4, 0.5) is 0 Å². The summed E-state index contributed by atoms with van der Waals surface area (Å²) in [7, 11) is 0. The predicted molar refractivity (Wildman–Crippen MR) is 116 cm³/mol. The average molecular weight is 413 g/mol. The zero-order valence-corrected chi connectivity index (χ0v) is 18.2. The van der Waals surface area contributed by atoms with Gasteiger partial charge < -0.3 is 14.5 Å². The zero-order valence-electron chi connectivity index (χ0n) is 17.4. The van der Waals surface area contributed by atoms with E-state index < -0.39 is 0 Å². The van der Waals surface area contributed by atoms with E-state index in [0.717, 1.165) is 23.3 Å². The van der Waals surface area contributed by atoms with Crippen molar-refractivity contribution in [3.8, 4) is 17.2 Å². The van der Waals surface area contributed by atoms with Gasteiger partial charge in [-0.2, -0.15) is 11.3 Å². The molecule has 1 amide bonds. The Hall–Kier alpha value is -2.60. The van der Waals surface area contributed by atoms with E-state index in [4.69, 9.17) is 9.15 Å². The highest BCUT2D eigenvalue weighted by Gasteiger charge is 2.22. The van der Waals surface area contributed by atoms with Crippen LogP contribution in [0.25, 0.3) is 11.5 Å². The van der Waals surface area contributed by atoms with Crippen LogP contribution in [0.5, 0.6) is 5.75 Å². The number of hydrogen-bond donors (Lipinski definition) is 1. The van der Waals surface area contributed by atoms with Gasteiger partial charge in [0.05, 0.1) is 24.8 Å². The van der Waals surface area contributed by atoms with Crippen molar-refractivity contribution in [1.29, 1.82) is 0 Å². The molecule has 2 aromatic heterocycles. The normalized spacial score (nSPS) is 12.2. The van der Waals surface area contributed by atoms with E-state index in [-0.39, 0.29) is 18.4 Å². The maximum absolute atomic E-state index is 12.9. The predicted octanol–water partition coefficient (Wildman–Crippen LogP) is 5.56. The first kappa shape index (κ1) is 21.1. The number of carbonyl (C=O) groups excluding carboxylic acids is 1. The Labute approximate surface area is 176 Å². The van der Waals surface area contributed by atoms with Crippen molar-refractivity contribution in [2.75, 3.05) is 6.61 Å². The molecule has 0 radical (unpaired) electrons. The van der Waals surface area contributed by atoms with E-state index >= 15 is 0 Å². The smallest absolute Gasteiger partial charge is 0.227 e. The van der Waals surface area contributed by atoms with Gasteiger partial charge in [0.25, 0.3) is 0 Å². The van der Waals surface area contributed by atoms with Crippen LogP contribution < -0.4 is 10.1 Å². The molecule has 0 aliphatic heterocycles. The molecule has 1 atom stereocenters. The number of ether oxygens (including phenoxy) is 1. The van der Waals surface area contributed by atoms with E-state index in [0.29, 0.717) is 29.9 Å². The fourth-order valence-electron chi connectivity index (χ4n) is 3.29. The summed E-state index contributed by atoms with van der Waals surface area (Å²) in [6.07, 6.45) is 1.01. The minimum Gasteiger partial charge on any atom is -0.494 e. The molecule has 1 unspecified atom stereocenters. The summed E-state index contributed by atoms with van der Waals surface area (Å²) < 4.78 is 11.5. The summed E-state index contributed by atoms with van der Waals surface area (Å²) >= 11 is 1.59. The van der Waals surface area contributed by atoms with Crippen molar-refractivity contribution in [3.63, 3.8) is 0 Å². The Morgan fingerprint density at radius 3 is 2.76 bits per heavy atom. The molecule has 0 spiro atoms. The highest BCUT2D eigenvalue weighted by molar-refractivity contribution is 7.08. The van der Waals surface area contributed by atoms with Gasteiger partial charge in [-0.05, 0) is 43.7 Å². The fourth-order valence-corrected chi connectivity index (χ4v) is 3.92. The molecule has 3 rings (SSSR count). The number of rotatable bonds is 9. The van der Waals surface area contributed by atoms with Crippen LogP contribution in [0.15, 0.2) is 45.5 Å². The topological polar surface area (TPSA) is 64.4 Å². The summed E-state index contributed by atoms with van der Waals surface area (Å²) in [4.78, 5) is 17.4. The van der Waals surface area contributed by atoms with Crippen LogP contribution in [-0.2, 0) is 11.2 Å². The molecule has 0 aliphatic carbocycles. The van der Waals surface area contributed by atoms with Gasteiger partial charge in [0, 0.05) is 16.5 Å². The van der Waals surface area contributed by atoms with Crippen molar-refractivity contribution in [3.05, 3.63) is 58.1 Å². The lowest BCUT2D eigenvalue weighted by atomic mass is 9.96. The molecule has 5 nitrogen and oxygen atoms in total. The molecule has 6 heteroatoms. The van der Waals surface area contributed by atoms with E-state index in [1.54, 1.807) is 11.3 Å². The van der Waals surface area contributed by atoms with E-state index in [1.165, 1.54) is 0 Å². The standard InChI is InChI=1S/C23H28N2O3S/c1-5-27-21-9-7-6-8-18(21)20(12-15(2)3)24-22(26)13-19-16(4)28-23(25-19)17-10-11-29-14-17/h6-11,14-15,20H,5,12-13H2,1-4H3,(H,24,26). The maximum Gasteiger partial charge on any atom is 0.227 e. The summed E-state index contributed by atoms with van der Waals surface area (Å²) in [6, 6.07) is 9.75. The van der Waals surface area contributed by atoms with Crippen LogP contribution in [-0.4, -0.2) is 17.5 Å². The summed E-state index contributed by atoms with van der Waals surface area (Å²) in [6.45, 7) is 8.70. The van der Waals surface area contributed by atoms with Crippen LogP contribution >= 0.6 is 11.3 Å². The molecule has 0 bridgehead atoms. The first-order chi connectivity index (χ1) is 14.0. The first-order valence-corrected chi connectivity index (χ1v) is 10.9. The Kier molecular flexibility index (Phi) is 7.09. The number of amides is 1. The Balaban J connectivity index is 1.76. The number of nitrogens with one attached hydrogen (secondary N) is 1. The lowest BCUT2D eigenvalue weighted by molar-refractivity contribution is -0.121. The van der Waals surface area contributed by atoms with Crippen molar-refractivity contribution in [2.24, 2.45) is 5.92 Å². The Morgan fingerprint density at radius 1 is 1.28 bits per heavy atom. The third-order valence-electron chi connectivity index (χ3n) is 4.63. The molecule has 2 heterocycles. The van der Waals surface area contributed by atoms with Gasteiger partial charge in [0.1, 0.15) is 11.5 Å². The number of aryl methyl sites for hydroxylation is 1. The number of nitrogens with zero attached hydrogens (tertiary/aromatic N) is 1. The van der Waals surface area contributed by atoms with Gasteiger partial charge in [-0.1, -0.05) is 32.0 Å². The van der Waals surface area contributed by atoms with E-state index in [1.807, 2.05) is 54.9 Å². The molecule has 0 saturated heterocycles. The van der Waals surface area contributed by atoms with Gasteiger partial charge in [-0.3, -0.25) is 4.79 Å². The van der Waals surface area contributed by atoms with Crippen molar-refractivity contribution >= 4 is 17.2 Å². The molecule has 1 aromatic carbocycles. The number of thiophene rings is 1. The van der Waals surface area contributed by atoms with Gasteiger partial charge in [0.15, 0.2) is 0 Å². The summed E-state index contributed by atoms with van der Waals surface area (Å²) in [5.74, 6) is 2.41. The highest BCUT2D eigenvalue weighted by atomic mass is 32.1. The van der Waals surface area contributed by atoms with Gasteiger partial charge in [-0.15, -0.1) is 0 Å². The third-order valence-corrected chi connectivity index (χ3v) is 5.31. The van der Waals surface area contributed by atoms with Crippen LogP contribution in [0.1, 0.15) is 50.3 Å². The average Bonchev–Trinajstić information content (AvgIpc) is 3.32. The van der Waals surface area contributed by atoms with Crippen molar-refractivity contribution in [2.45, 2.75) is 46.6 Å². The molecular weight excluding hydrogens is 384 g/mol. The molecule has 0 saturated carbocycles. The number of carbonyl (C=O) groups is 1. The summed E-state index contributed by atoms with van der Waals surface area (Å²) in [5.41, 5.74) is 2.62. The number of benzene rings is 1. The van der Waals surface area contributed by atoms with Crippen LogP contribution in [0, 0.1) is 12.8 Å². The molecule has 29 heavy (non-hydrogen) atoms. The summed E-state index contributed by atoms with van der Waals surface area (Å²) in [5, 5.41) is 7.15. The molecule has 0 aliphatic rings. The third kappa shape index (κ3) is 5.48. The second kappa shape index (κ2) is 9.74.